The van der Waals surface area contributed by atoms with E-state index < -0.39 is 0 Å². The first-order valence-corrected chi connectivity index (χ1v) is 11.7. The van der Waals surface area contributed by atoms with Gasteiger partial charge in [0.25, 0.3) is 5.91 Å². The molecule has 4 rings (SSSR count). The van der Waals surface area contributed by atoms with Crippen molar-refractivity contribution < 1.29 is 14.3 Å². The third-order valence-corrected chi connectivity index (χ3v) is 6.18. The summed E-state index contributed by atoms with van der Waals surface area (Å²) in [6.07, 6.45) is 0.864. The van der Waals surface area contributed by atoms with Crippen molar-refractivity contribution in [2.24, 2.45) is 7.05 Å². The molecule has 0 unspecified atom stereocenters. The molecule has 1 aromatic carbocycles. The molecule has 9 nitrogen and oxygen atoms in total. The molecule has 0 saturated carbocycles. The first-order chi connectivity index (χ1) is 16.4. The van der Waals surface area contributed by atoms with E-state index in [1.165, 1.54) is 0 Å². The third-order valence-electron chi connectivity index (χ3n) is 6.18. The highest BCUT2D eigenvalue weighted by atomic mass is 16.5. The molecular weight excluding hydrogens is 432 g/mol. The fourth-order valence-electron chi connectivity index (χ4n) is 4.37. The first kappa shape index (κ1) is 23.7. The van der Waals surface area contributed by atoms with E-state index in [1.54, 1.807) is 9.58 Å². The molecule has 3 heterocycles. The molecule has 34 heavy (non-hydrogen) atoms. The van der Waals surface area contributed by atoms with Gasteiger partial charge < -0.3 is 15.0 Å². The van der Waals surface area contributed by atoms with Crippen molar-refractivity contribution in [3.8, 4) is 5.88 Å². The third kappa shape index (κ3) is 5.20. The van der Waals surface area contributed by atoms with Gasteiger partial charge in [0.05, 0.1) is 11.9 Å². The monoisotopic (exact) mass is 464 g/mol. The second-order valence-electron chi connectivity index (χ2n) is 8.71. The number of anilines is 1. The molecule has 0 atom stereocenters. The molecule has 1 N–H and O–H groups in total. The summed E-state index contributed by atoms with van der Waals surface area (Å²) in [5, 5.41) is 8.25. The molecule has 0 aliphatic carbocycles. The lowest BCUT2D eigenvalue weighted by Crippen LogP contribution is -2.51. The number of benzene rings is 1. The summed E-state index contributed by atoms with van der Waals surface area (Å²) in [5.41, 5.74) is 4.66. The minimum atomic E-state index is -0.0856. The predicted octanol–water partition coefficient (Wildman–Crippen LogP) is 2.31. The van der Waals surface area contributed by atoms with E-state index in [4.69, 9.17) is 4.74 Å². The Morgan fingerprint density at radius 1 is 1.12 bits per heavy atom. The minimum Gasteiger partial charge on any atom is -0.466 e. The van der Waals surface area contributed by atoms with Crippen LogP contribution in [0.2, 0.25) is 0 Å². The van der Waals surface area contributed by atoms with Crippen LogP contribution in [-0.2, 0) is 23.1 Å². The van der Waals surface area contributed by atoms with Crippen LogP contribution in [0.5, 0.6) is 5.88 Å². The Hall–Kier alpha value is -3.46. The van der Waals surface area contributed by atoms with Crippen molar-refractivity contribution in [3.05, 3.63) is 47.2 Å². The zero-order valence-electron chi connectivity index (χ0n) is 20.3. The van der Waals surface area contributed by atoms with Gasteiger partial charge >= 0.3 is 0 Å². The predicted molar refractivity (Wildman–Crippen MR) is 131 cm³/mol. The van der Waals surface area contributed by atoms with E-state index in [2.05, 4.69) is 27.2 Å². The van der Waals surface area contributed by atoms with Crippen molar-refractivity contribution in [1.29, 1.82) is 0 Å². The SMILES string of the molecule is CCc1ccccc1NC(=O)CN1CCN(C(=O)COc2nn(C)c3nc(C)cc(C)c23)CC1. The normalized spacial score (nSPS) is 14.4. The molecule has 0 bridgehead atoms. The summed E-state index contributed by atoms with van der Waals surface area (Å²) in [7, 11) is 1.82. The first-order valence-electron chi connectivity index (χ1n) is 11.7. The van der Waals surface area contributed by atoms with E-state index >= 15 is 0 Å². The van der Waals surface area contributed by atoms with Crippen LogP contribution in [0.4, 0.5) is 5.69 Å². The van der Waals surface area contributed by atoms with Crippen LogP contribution >= 0.6 is 0 Å². The van der Waals surface area contributed by atoms with Crippen LogP contribution in [0.1, 0.15) is 23.7 Å². The summed E-state index contributed by atoms with van der Waals surface area (Å²) < 4.78 is 7.49. The quantitative estimate of drug-likeness (QED) is 0.577. The Morgan fingerprint density at radius 2 is 1.85 bits per heavy atom. The van der Waals surface area contributed by atoms with Crippen LogP contribution in [-0.4, -0.2) is 75.7 Å². The Morgan fingerprint density at radius 3 is 2.59 bits per heavy atom. The molecule has 0 radical (unpaired) electrons. The van der Waals surface area contributed by atoms with E-state index in [-0.39, 0.29) is 18.4 Å². The second kappa shape index (κ2) is 10.2. The topological polar surface area (TPSA) is 92.6 Å². The lowest BCUT2D eigenvalue weighted by Gasteiger charge is -2.34. The number of aryl methyl sites for hydroxylation is 4. The summed E-state index contributed by atoms with van der Waals surface area (Å²) in [6, 6.07) is 9.83. The van der Waals surface area contributed by atoms with Gasteiger partial charge in [-0.3, -0.25) is 14.5 Å². The molecule has 1 fully saturated rings. The number of pyridine rings is 1. The van der Waals surface area contributed by atoms with Gasteiger partial charge in [-0.15, -0.1) is 5.10 Å². The van der Waals surface area contributed by atoms with Gasteiger partial charge in [0.2, 0.25) is 11.8 Å². The van der Waals surface area contributed by atoms with Gasteiger partial charge in [-0.05, 0) is 43.5 Å². The van der Waals surface area contributed by atoms with Crippen LogP contribution in [0.15, 0.2) is 30.3 Å². The summed E-state index contributed by atoms with van der Waals surface area (Å²) in [4.78, 5) is 33.6. The maximum Gasteiger partial charge on any atom is 0.260 e. The zero-order valence-corrected chi connectivity index (χ0v) is 20.3. The molecule has 1 aliphatic rings. The van der Waals surface area contributed by atoms with Crippen molar-refractivity contribution in [2.75, 3.05) is 44.6 Å². The van der Waals surface area contributed by atoms with E-state index in [9.17, 15) is 9.59 Å². The van der Waals surface area contributed by atoms with Crippen LogP contribution < -0.4 is 10.1 Å². The number of nitrogens with one attached hydrogen (secondary N) is 1. The van der Waals surface area contributed by atoms with Crippen molar-refractivity contribution in [1.82, 2.24) is 24.6 Å². The molecule has 9 heteroatoms. The fraction of sp³-hybridized carbons (Fsp3) is 0.440. The highest BCUT2D eigenvalue weighted by Crippen LogP contribution is 2.27. The number of hydrogen-bond donors (Lipinski definition) is 1. The average Bonchev–Trinajstić information content (AvgIpc) is 3.13. The number of aromatic nitrogens is 3. The Kier molecular flexibility index (Phi) is 7.12. The number of carbonyl (C=O) groups is 2. The van der Waals surface area contributed by atoms with Crippen molar-refractivity contribution in [2.45, 2.75) is 27.2 Å². The van der Waals surface area contributed by atoms with Gasteiger partial charge in [0.1, 0.15) is 0 Å². The number of hydrogen-bond acceptors (Lipinski definition) is 6. The molecule has 3 aromatic rings. The number of amides is 2. The summed E-state index contributed by atoms with van der Waals surface area (Å²) >= 11 is 0. The molecule has 2 amide bonds. The van der Waals surface area contributed by atoms with E-state index in [0.29, 0.717) is 38.6 Å². The van der Waals surface area contributed by atoms with Gasteiger partial charge in [-0.1, -0.05) is 25.1 Å². The number of fused-ring (bicyclic) bond motifs is 1. The molecule has 2 aromatic heterocycles. The fourth-order valence-corrected chi connectivity index (χ4v) is 4.37. The number of para-hydroxylation sites is 1. The van der Waals surface area contributed by atoms with Crippen molar-refractivity contribution in [3.63, 3.8) is 0 Å². The Bertz CT molecular complexity index is 1200. The van der Waals surface area contributed by atoms with Gasteiger partial charge in [0.15, 0.2) is 12.3 Å². The average molecular weight is 465 g/mol. The van der Waals surface area contributed by atoms with Gasteiger partial charge in [0, 0.05) is 44.6 Å². The highest BCUT2D eigenvalue weighted by molar-refractivity contribution is 5.93. The molecule has 1 saturated heterocycles. The summed E-state index contributed by atoms with van der Waals surface area (Å²) in [6.45, 7) is 8.64. The molecule has 0 spiro atoms. The summed E-state index contributed by atoms with van der Waals surface area (Å²) in [5.74, 6) is 0.307. The van der Waals surface area contributed by atoms with Crippen molar-refractivity contribution >= 4 is 28.5 Å². The largest absolute Gasteiger partial charge is 0.466 e. The zero-order chi connectivity index (χ0) is 24.2. The molecular formula is C25H32N6O3. The number of ether oxygens (including phenoxy) is 1. The Labute approximate surface area is 199 Å². The van der Waals surface area contributed by atoms with Crippen LogP contribution in [0.25, 0.3) is 11.0 Å². The lowest BCUT2D eigenvalue weighted by molar-refractivity contribution is -0.135. The number of nitrogens with zero attached hydrogens (tertiary/aromatic N) is 5. The molecule has 1 aliphatic heterocycles. The molecule has 180 valence electrons. The number of piperazine rings is 1. The van der Waals surface area contributed by atoms with Crippen LogP contribution in [0.3, 0.4) is 0 Å². The number of rotatable bonds is 7. The van der Waals surface area contributed by atoms with E-state index in [1.807, 2.05) is 51.2 Å². The standard InChI is InChI=1S/C25H32N6O3/c1-5-19-8-6-7-9-20(19)27-21(32)15-30-10-12-31(13-11-30)22(33)16-34-25-23-17(2)14-18(3)26-24(23)29(4)28-25/h6-9,14H,5,10-13,15-16H2,1-4H3,(H,27,32). The smallest absolute Gasteiger partial charge is 0.260 e. The van der Waals surface area contributed by atoms with Gasteiger partial charge in [-0.2, -0.15) is 0 Å². The number of carbonyl (C=O) groups excluding carboxylic acids is 2. The van der Waals surface area contributed by atoms with Crippen LogP contribution in [0, 0.1) is 13.8 Å². The maximum absolute atomic E-state index is 12.7. The second-order valence-corrected chi connectivity index (χ2v) is 8.71. The minimum absolute atomic E-state index is 0.0368. The highest BCUT2D eigenvalue weighted by Gasteiger charge is 2.24. The van der Waals surface area contributed by atoms with E-state index in [0.717, 1.165) is 40.0 Å². The van der Waals surface area contributed by atoms with Gasteiger partial charge in [-0.25, -0.2) is 9.67 Å². The Balaban J connectivity index is 1.27. The maximum atomic E-state index is 12.7. The lowest BCUT2D eigenvalue weighted by atomic mass is 10.1.